The fourth-order valence-electron chi connectivity index (χ4n) is 3.33. The lowest BCUT2D eigenvalue weighted by atomic mass is 10.1. The third-order valence-electron chi connectivity index (χ3n) is 5.37. The summed E-state index contributed by atoms with van der Waals surface area (Å²) in [6.45, 7) is 4.10. The highest BCUT2D eigenvalue weighted by Crippen LogP contribution is 2.38. The topological polar surface area (TPSA) is 94.8 Å². The Morgan fingerprint density at radius 3 is 2.62 bits per heavy atom. The van der Waals surface area contributed by atoms with Gasteiger partial charge in [0.1, 0.15) is 9.77 Å². The summed E-state index contributed by atoms with van der Waals surface area (Å²) in [5.74, 6) is 1.72. The van der Waals surface area contributed by atoms with Gasteiger partial charge in [0.2, 0.25) is 12.6 Å². The zero-order valence-corrected chi connectivity index (χ0v) is 19.2. The Morgan fingerprint density at radius 1 is 1.00 bits per heavy atom. The molecule has 0 fully saturated rings. The number of nitrogens with zero attached hydrogens (tertiary/aromatic N) is 3. The van der Waals surface area contributed by atoms with Crippen molar-refractivity contribution >= 4 is 27.0 Å². The number of aryl methyl sites for hydroxylation is 2. The van der Waals surface area contributed by atoms with Crippen molar-refractivity contribution in [3.05, 3.63) is 59.0 Å². The third kappa shape index (κ3) is 3.41. The zero-order chi connectivity index (χ0) is 22.5. The normalized spacial score (nSPS) is 12.8. The van der Waals surface area contributed by atoms with Crippen molar-refractivity contribution < 1.29 is 22.4 Å². The number of sulfonamides is 1. The minimum atomic E-state index is -3.84. The molecule has 0 saturated heterocycles. The van der Waals surface area contributed by atoms with Gasteiger partial charge in [-0.2, -0.15) is 4.98 Å². The van der Waals surface area contributed by atoms with E-state index >= 15 is 0 Å². The Hall–Kier alpha value is -3.37. The summed E-state index contributed by atoms with van der Waals surface area (Å²) < 4.78 is 44.2. The summed E-state index contributed by atoms with van der Waals surface area (Å²) in [5, 5.41) is 5.73. The van der Waals surface area contributed by atoms with Gasteiger partial charge < -0.3 is 14.0 Å². The van der Waals surface area contributed by atoms with Crippen LogP contribution >= 0.6 is 11.3 Å². The van der Waals surface area contributed by atoms with Crippen molar-refractivity contribution in [2.45, 2.75) is 18.7 Å². The van der Waals surface area contributed by atoms with Crippen LogP contribution in [0.2, 0.25) is 0 Å². The molecule has 1 aliphatic heterocycles. The molecule has 164 valence electrons. The largest absolute Gasteiger partial charge is 0.454 e. The molecule has 0 spiro atoms. The second kappa shape index (κ2) is 7.64. The number of hydrogen-bond donors (Lipinski definition) is 0. The van der Waals surface area contributed by atoms with Crippen LogP contribution < -0.4 is 13.8 Å². The van der Waals surface area contributed by atoms with Crippen molar-refractivity contribution in [1.29, 1.82) is 0 Å². The molecule has 8 nitrogen and oxygen atoms in total. The van der Waals surface area contributed by atoms with Gasteiger partial charge in [-0.05, 0) is 66.8 Å². The Balaban J connectivity index is 1.49. The third-order valence-corrected chi connectivity index (χ3v) is 8.23. The number of hydrogen-bond acceptors (Lipinski definition) is 8. The second-order valence-corrected chi connectivity index (χ2v) is 10.2. The number of rotatable bonds is 5. The van der Waals surface area contributed by atoms with Crippen LogP contribution in [-0.2, 0) is 10.0 Å². The quantitative estimate of drug-likeness (QED) is 0.420. The molecule has 0 radical (unpaired) electrons. The molecule has 0 atom stereocenters. The highest BCUT2D eigenvalue weighted by molar-refractivity contribution is 7.93. The summed E-state index contributed by atoms with van der Waals surface area (Å²) in [4.78, 5) is 4.94. The SMILES string of the molecule is Cc1ccc(N(C)S(=O)(=O)c2ccsc2-c2nc(-c3ccc4c(c3)OCO4)no2)cc1C. The Morgan fingerprint density at radius 2 is 1.81 bits per heavy atom. The summed E-state index contributed by atoms with van der Waals surface area (Å²) in [5.41, 5.74) is 3.37. The monoisotopic (exact) mass is 469 g/mol. The maximum atomic E-state index is 13.4. The molecule has 10 heteroatoms. The number of aromatic nitrogens is 2. The Labute approximate surface area is 189 Å². The number of anilines is 1. The molecule has 3 heterocycles. The lowest BCUT2D eigenvalue weighted by Crippen LogP contribution is -2.26. The first-order chi connectivity index (χ1) is 15.3. The van der Waals surface area contributed by atoms with E-state index in [0.717, 1.165) is 11.1 Å². The van der Waals surface area contributed by atoms with Gasteiger partial charge in [-0.25, -0.2) is 8.42 Å². The van der Waals surface area contributed by atoms with E-state index in [1.807, 2.05) is 26.0 Å². The van der Waals surface area contributed by atoms with Crippen LogP contribution in [-0.4, -0.2) is 32.4 Å². The molecule has 32 heavy (non-hydrogen) atoms. The van der Waals surface area contributed by atoms with Crippen LogP contribution in [0.5, 0.6) is 11.5 Å². The molecule has 4 aromatic rings. The van der Waals surface area contributed by atoms with Crippen molar-refractivity contribution in [2.75, 3.05) is 18.1 Å². The van der Waals surface area contributed by atoms with Crippen molar-refractivity contribution in [1.82, 2.24) is 10.1 Å². The standard InChI is InChI=1S/C22H19N3O5S2/c1-13-4-6-16(10-14(13)2)25(3)32(26,27)19-8-9-31-20(19)22-23-21(24-30-22)15-5-7-17-18(11-15)29-12-28-17/h4-11H,12H2,1-3H3. The van der Waals surface area contributed by atoms with Gasteiger partial charge in [-0.1, -0.05) is 11.2 Å². The van der Waals surface area contributed by atoms with Gasteiger partial charge in [0.25, 0.3) is 15.9 Å². The van der Waals surface area contributed by atoms with E-state index in [0.29, 0.717) is 33.5 Å². The first kappa shape index (κ1) is 20.5. The van der Waals surface area contributed by atoms with Crippen LogP contribution in [0.15, 0.2) is 57.3 Å². The summed E-state index contributed by atoms with van der Waals surface area (Å²) in [7, 11) is -2.31. The smallest absolute Gasteiger partial charge is 0.269 e. The highest BCUT2D eigenvalue weighted by atomic mass is 32.2. The summed E-state index contributed by atoms with van der Waals surface area (Å²) in [6, 6.07) is 12.4. The van der Waals surface area contributed by atoms with Gasteiger partial charge in [-0.15, -0.1) is 11.3 Å². The van der Waals surface area contributed by atoms with Gasteiger partial charge >= 0.3 is 0 Å². The maximum Gasteiger partial charge on any atom is 0.269 e. The lowest BCUT2D eigenvalue weighted by Gasteiger charge is -2.20. The molecule has 2 aromatic carbocycles. The fourth-order valence-corrected chi connectivity index (χ4v) is 5.84. The number of benzene rings is 2. The van der Waals surface area contributed by atoms with E-state index < -0.39 is 10.0 Å². The average molecular weight is 470 g/mol. The van der Waals surface area contributed by atoms with E-state index in [9.17, 15) is 8.42 Å². The highest BCUT2D eigenvalue weighted by Gasteiger charge is 2.29. The van der Waals surface area contributed by atoms with E-state index in [1.165, 1.54) is 22.7 Å². The fraction of sp³-hybridized carbons (Fsp3) is 0.182. The molecular formula is C22H19N3O5S2. The van der Waals surface area contributed by atoms with E-state index in [-0.39, 0.29) is 17.6 Å². The average Bonchev–Trinajstić information content (AvgIpc) is 3.53. The zero-order valence-electron chi connectivity index (χ0n) is 17.5. The molecule has 0 aliphatic carbocycles. The Kier molecular flexibility index (Phi) is 4.90. The predicted octanol–water partition coefficient (Wildman–Crippen LogP) is 4.64. The number of fused-ring (bicyclic) bond motifs is 1. The summed E-state index contributed by atoms with van der Waals surface area (Å²) in [6.07, 6.45) is 0. The van der Waals surface area contributed by atoms with Gasteiger partial charge in [0.05, 0.1) is 5.69 Å². The first-order valence-corrected chi connectivity index (χ1v) is 12.0. The Bertz CT molecular complexity index is 1430. The number of ether oxygens (including phenoxy) is 2. The van der Waals surface area contributed by atoms with Gasteiger partial charge in [0, 0.05) is 12.6 Å². The molecule has 2 aromatic heterocycles. The van der Waals surface area contributed by atoms with Crippen LogP contribution in [0.25, 0.3) is 22.2 Å². The van der Waals surface area contributed by atoms with Crippen LogP contribution in [0.1, 0.15) is 11.1 Å². The molecule has 5 rings (SSSR count). The van der Waals surface area contributed by atoms with Gasteiger partial charge in [-0.3, -0.25) is 4.31 Å². The van der Waals surface area contributed by atoms with Crippen molar-refractivity contribution in [3.8, 4) is 33.7 Å². The van der Waals surface area contributed by atoms with Gasteiger partial charge in [0.15, 0.2) is 11.5 Å². The van der Waals surface area contributed by atoms with E-state index in [4.69, 9.17) is 14.0 Å². The minimum absolute atomic E-state index is 0.115. The van der Waals surface area contributed by atoms with Crippen molar-refractivity contribution in [2.24, 2.45) is 0 Å². The minimum Gasteiger partial charge on any atom is -0.454 e. The molecule has 0 bridgehead atoms. The molecular weight excluding hydrogens is 450 g/mol. The van der Waals surface area contributed by atoms with Crippen molar-refractivity contribution in [3.63, 3.8) is 0 Å². The molecule has 0 N–H and O–H groups in total. The first-order valence-electron chi connectivity index (χ1n) is 9.72. The molecule has 1 aliphatic rings. The molecule has 0 unspecified atom stereocenters. The van der Waals surface area contributed by atoms with E-state index in [1.54, 1.807) is 35.7 Å². The van der Waals surface area contributed by atoms with E-state index in [2.05, 4.69) is 10.1 Å². The predicted molar refractivity (Wildman–Crippen MR) is 121 cm³/mol. The van der Waals surface area contributed by atoms with Crippen LogP contribution in [0.4, 0.5) is 5.69 Å². The second-order valence-electron chi connectivity index (χ2n) is 7.35. The van der Waals surface area contributed by atoms with Crippen LogP contribution in [0, 0.1) is 13.8 Å². The maximum absolute atomic E-state index is 13.4. The molecule has 0 amide bonds. The lowest BCUT2D eigenvalue weighted by molar-refractivity contribution is 0.174. The molecule has 0 saturated carbocycles. The summed E-state index contributed by atoms with van der Waals surface area (Å²) >= 11 is 1.23. The number of thiophene rings is 1. The van der Waals surface area contributed by atoms with Crippen LogP contribution in [0.3, 0.4) is 0 Å².